The van der Waals surface area contributed by atoms with Gasteiger partial charge in [0.25, 0.3) is 0 Å². The van der Waals surface area contributed by atoms with Crippen LogP contribution in [-0.4, -0.2) is 23.5 Å². The molecule has 2 nitrogen and oxygen atoms in total. The van der Waals surface area contributed by atoms with E-state index in [1.54, 1.807) is 0 Å². The van der Waals surface area contributed by atoms with Gasteiger partial charge in [-0.3, -0.25) is 0 Å². The smallest absolute Gasteiger partial charge is 0.0978 e. The third-order valence-electron chi connectivity index (χ3n) is 2.23. The summed E-state index contributed by atoms with van der Waals surface area (Å²) in [7, 11) is 1.98. The van der Waals surface area contributed by atoms with Gasteiger partial charge in [0.15, 0.2) is 0 Å². The van der Waals surface area contributed by atoms with Crippen LogP contribution >= 0.6 is 23.1 Å². The molecule has 1 aromatic heterocycles. The molecule has 0 spiro atoms. The van der Waals surface area contributed by atoms with Crippen molar-refractivity contribution in [2.45, 2.75) is 19.4 Å². The van der Waals surface area contributed by atoms with Crippen LogP contribution < -0.4 is 5.32 Å². The van der Waals surface area contributed by atoms with Gasteiger partial charge >= 0.3 is 0 Å². The summed E-state index contributed by atoms with van der Waals surface area (Å²) in [4.78, 5) is 6.01. The highest BCUT2D eigenvalue weighted by atomic mass is 32.2. The molecule has 1 N–H and O–H groups in total. The highest BCUT2D eigenvalue weighted by Gasteiger charge is 2.24. The topological polar surface area (TPSA) is 24.9 Å². The second-order valence-electron chi connectivity index (χ2n) is 3.33. The van der Waals surface area contributed by atoms with Gasteiger partial charge < -0.3 is 5.32 Å². The van der Waals surface area contributed by atoms with Crippen LogP contribution in [0.25, 0.3) is 0 Å². The molecule has 1 aliphatic rings. The molecular weight excluding hydrogens is 200 g/mol. The van der Waals surface area contributed by atoms with Crippen LogP contribution in [0.3, 0.4) is 0 Å². The summed E-state index contributed by atoms with van der Waals surface area (Å²) in [5.41, 5.74) is 1.21. The summed E-state index contributed by atoms with van der Waals surface area (Å²) >= 11 is 3.90. The maximum absolute atomic E-state index is 4.62. The highest BCUT2D eigenvalue weighted by Crippen LogP contribution is 2.36. The van der Waals surface area contributed by atoms with E-state index < -0.39 is 0 Å². The van der Waals surface area contributed by atoms with Gasteiger partial charge in [-0.25, -0.2) is 4.98 Å². The van der Waals surface area contributed by atoms with E-state index in [0.29, 0.717) is 0 Å². The van der Waals surface area contributed by atoms with Crippen LogP contribution in [0, 0.1) is 6.92 Å². The predicted molar refractivity (Wildman–Crippen MR) is 59.7 cm³/mol. The number of hydrogen-bond acceptors (Lipinski definition) is 4. The van der Waals surface area contributed by atoms with Crippen LogP contribution in [0.1, 0.15) is 21.5 Å². The number of hydrogen-bond donors (Lipinski definition) is 1. The van der Waals surface area contributed by atoms with Crippen molar-refractivity contribution in [3.8, 4) is 0 Å². The Morgan fingerprint density at radius 2 is 2.31 bits per heavy atom. The summed E-state index contributed by atoms with van der Waals surface area (Å²) in [6.45, 7) is 3.07. The molecule has 0 saturated carbocycles. The quantitative estimate of drug-likeness (QED) is 0.833. The molecule has 2 heterocycles. The molecule has 1 aliphatic heterocycles. The first-order valence-electron chi connectivity index (χ1n) is 4.50. The molecule has 1 saturated heterocycles. The van der Waals surface area contributed by atoms with Gasteiger partial charge in [0.05, 0.1) is 10.7 Å². The zero-order chi connectivity index (χ0) is 9.26. The van der Waals surface area contributed by atoms with Crippen molar-refractivity contribution >= 4 is 23.1 Å². The van der Waals surface area contributed by atoms with Gasteiger partial charge in [-0.15, -0.1) is 11.3 Å². The van der Waals surface area contributed by atoms with Gasteiger partial charge in [0.1, 0.15) is 0 Å². The molecule has 72 valence electrons. The second kappa shape index (κ2) is 3.98. The Morgan fingerprint density at radius 3 is 2.85 bits per heavy atom. The molecule has 0 unspecified atom stereocenters. The van der Waals surface area contributed by atoms with E-state index in [4.69, 9.17) is 0 Å². The third kappa shape index (κ3) is 1.90. The van der Waals surface area contributed by atoms with Crippen molar-refractivity contribution in [1.82, 2.24) is 10.3 Å². The molecule has 4 heteroatoms. The Bertz CT molecular complexity index is 292. The number of rotatable bonds is 3. The first kappa shape index (κ1) is 9.49. The minimum Gasteiger partial charge on any atom is -0.315 e. The number of nitrogens with one attached hydrogen (secondary N) is 1. The van der Waals surface area contributed by atoms with Crippen LogP contribution in [0.2, 0.25) is 0 Å². The molecule has 0 aliphatic carbocycles. The number of aryl methyl sites for hydroxylation is 1. The molecule has 1 aromatic rings. The lowest BCUT2D eigenvalue weighted by Gasteiger charge is -2.22. The van der Waals surface area contributed by atoms with E-state index in [9.17, 15) is 0 Å². The van der Waals surface area contributed by atoms with Crippen LogP contribution in [0.15, 0.2) is 0 Å². The molecule has 0 aromatic carbocycles. The third-order valence-corrected chi connectivity index (χ3v) is 4.83. The zero-order valence-corrected chi connectivity index (χ0v) is 9.60. The normalized spacial score (nSPS) is 17.4. The van der Waals surface area contributed by atoms with E-state index in [1.165, 1.54) is 27.1 Å². The first-order chi connectivity index (χ1) is 6.31. The van der Waals surface area contributed by atoms with E-state index in [0.717, 1.165) is 12.5 Å². The van der Waals surface area contributed by atoms with Crippen molar-refractivity contribution in [1.29, 1.82) is 0 Å². The lowest BCUT2D eigenvalue weighted by molar-refractivity contribution is 0.815. The van der Waals surface area contributed by atoms with Crippen molar-refractivity contribution in [3.63, 3.8) is 0 Å². The molecule has 1 fully saturated rings. The average Bonchev–Trinajstić information content (AvgIpc) is 2.30. The zero-order valence-electron chi connectivity index (χ0n) is 7.96. The number of nitrogens with zero attached hydrogens (tertiary/aromatic N) is 1. The van der Waals surface area contributed by atoms with Gasteiger partial charge in [-0.1, -0.05) is 0 Å². The fourth-order valence-electron chi connectivity index (χ4n) is 1.33. The van der Waals surface area contributed by atoms with Crippen LogP contribution in [-0.2, 0) is 6.54 Å². The minimum absolute atomic E-state index is 0.749. The lowest BCUT2D eigenvalue weighted by Crippen LogP contribution is -2.14. The molecule has 2 rings (SSSR count). The predicted octanol–water partition coefficient (Wildman–Crippen LogP) is 2.00. The highest BCUT2D eigenvalue weighted by molar-refractivity contribution is 8.00. The van der Waals surface area contributed by atoms with Crippen molar-refractivity contribution < 1.29 is 0 Å². The summed E-state index contributed by atoms with van der Waals surface area (Å²) in [5.74, 6) is 3.29. The molecule has 0 amide bonds. The average molecular weight is 214 g/mol. The second-order valence-corrected chi connectivity index (χ2v) is 5.52. The summed E-state index contributed by atoms with van der Waals surface area (Å²) in [6, 6.07) is 0. The maximum Gasteiger partial charge on any atom is 0.0978 e. The van der Waals surface area contributed by atoms with Crippen LogP contribution in [0.5, 0.6) is 0 Å². The van der Waals surface area contributed by atoms with Crippen molar-refractivity contribution in [2.75, 3.05) is 18.6 Å². The molecule has 0 radical (unpaired) electrons. The van der Waals surface area contributed by atoms with Crippen LogP contribution in [0.4, 0.5) is 0 Å². The van der Waals surface area contributed by atoms with E-state index in [2.05, 4.69) is 17.2 Å². The van der Waals surface area contributed by atoms with Crippen molar-refractivity contribution in [2.24, 2.45) is 0 Å². The van der Waals surface area contributed by atoms with Gasteiger partial charge in [0, 0.05) is 28.8 Å². The number of thiazole rings is 1. The Labute approximate surface area is 87.1 Å². The molecule has 0 atom stereocenters. The Kier molecular flexibility index (Phi) is 2.91. The number of aromatic nitrogens is 1. The van der Waals surface area contributed by atoms with Gasteiger partial charge in [-0.2, -0.15) is 11.8 Å². The standard InChI is InChI=1S/C9H14N2S2/c1-6-8(3-10-2)13-9(11-6)7-4-12-5-7/h7,10H,3-5H2,1-2H3. The largest absolute Gasteiger partial charge is 0.315 e. The Hall–Kier alpha value is -0.0600. The first-order valence-corrected chi connectivity index (χ1v) is 6.47. The SMILES string of the molecule is CNCc1sc(C2CSC2)nc1C. The lowest BCUT2D eigenvalue weighted by atomic mass is 10.2. The minimum atomic E-state index is 0.749. The number of thioether (sulfide) groups is 1. The Balaban J connectivity index is 2.14. The van der Waals surface area contributed by atoms with E-state index >= 15 is 0 Å². The molecule has 0 bridgehead atoms. The Morgan fingerprint density at radius 1 is 1.54 bits per heavy atom. The van der Waals surface area contributed by atoms with Crippen molar-refractivity contribution in [3.05, 3.63) is 15.6 Å². The maximum atomic E-state index is 4.62. The molecule has 13 heavy (non-hydrogen) atoms. The molecular formula is C9H14N2S2. The van der Waals surface area contributed by atoms with Gasteiger partial charge in [0.2, 0.25) is 0 Å². The fourth-order valence-corrected chi connectivity index (χ4v) is 3.50. The van der Waals surface area contributed by atoms with E-state index in [1.807, 2.05) is 30.1 Å². The monoisotopic (exact) mass is 214 g/mol. The summed E-state index contributed by atoms with van der Waals surface area (Å²) < 4.78 is 0. The summed E-state index contributed by atoms with van der Waals surface area (Å²) in [6.07, 6.45) is 0. The van der Waals surface area contributed by atoms with Gasteiger partial charge in [-0.05, 0) is 14.0 Å². The fraction of sp³-hybridized carbons (Fsp3) is 0.667. The van der Waals surface area contributed by atoms with E-state index in [-0.39, 0.29) is 0 Å². The summed E-state index contributed by atoms with van der Waals surface area (Å²) in [5, 5.41) is 4.53.